The summed E-state index contributed by atoms with van der Waals surface area (Å²) >= 11 is 8.57. The van der Waals surface area contributed by atoms with Gasteiger partial charge in [-0.2, -0.15) is 0 Å². The molecule has 2 heterocycles. The number of aryl methyl sites for hydroxylation is 3. The Morgan fingerprint density at radius 2 is 1.90 bits per heavy atom. The second-order valence-electron chi connectivity index (χ2n) is 8.87. The topological polar surface area (TPSA) is 95.3 Å². The van der Waals surface area contributed by atoms with Crippen molar-refractivity contribution in [2.24, 2.45) is 7.05 Å². The van der Waals surface area contributed by atoms with Crippen molar-refractivity contribution in [2.75, 3.05) is 24.8 Å². The minimum Gasteiger partial charge on any atom is -0.493 e. The van der Waals surface area contributed by atoms with Gasteiger partial charge in [0.1, 0.15) is 22.1 Å². The molecule has 39 heavy (non-hydrogen) atoms. The summed E-state index contributed by atoms with van der Waals surface area (Å²) < 4.78 is 12.7. The van der Waals surface area contributed by atoms with E-state index in [4.69, 9.17) is 21.1 Å². The summed E-state index contributed by atoms with van der Waals surface area (Å²) in [6.07, 6.45) is 1.44. The van der Waals surface area contributed by atoms with Gasteiger partial charge >= 0.3 is 5.97 Å². The second-order valence-corrected chi connectivity index (χ2v) is 11.1. The average Bonchev–Trinajstić information content (AvgIpc) is 3.49. The lowest BCUT2D eigenvalue weighted by Crippen LogP contribution is -2.16. The summed E-state index contributed by atoms with van der Waals surface area (Å²) in [4.78, 5) is 25.4. The normalized spacial score (nSPS) is 10.9. The van der Waals surface area contributed by atoms with Crippen LogP contribution in [0.15, 0.2) is 53.0 Å². The number of methoxy groups -OCH3 is 1. The Labute approximate surface area is 240 Å². The number of nitrogens with zero attached hydrogens (tertiary/aromatic N) is 3. The van der Waals surface area contributed by atoms with E-state index < -0.39 is 5.97 Å². The van der Waals surface area contributed by atoms with Crippen LogP contribution >= 0.6 is 34.7 Å². The van der Waals surface area contributed by atoms with Crippen molar-refractivity contribution in [2.45, 2.75) is 31.8 Å². The number of thiophene rings is 1. The Kier molecular flexibility index (Phi) is 9.66. The monoisotopic (exact) mass is 584 g/mol. The van der Waals surface area contributed by atoms with Crippen LogP contribution < -0.4 is 10.1 Å². The first-order valence-electron chi connectivity index (χ1n) is 12.2. The fourth-order valence-electron chi connectivity index (χ4n) is 3.87. The van der Waals surface area contributed by atoms with Gasteiger partial charge in [-0.1, -0.05) is 53.2 Å². The summed E-state index contributed by atoms with van der Waals surface area (Å²) in [7, 11) is 3.21. The third kappa shape index (κ3) is 7.20. The van der Waals surface area contributed by atoms with E-state index in [9.17, 15) is 9.59 Å². The van der Waals surface area contributed by atoms with Crippen LogP contribution in [0.3, 0.4) is 0 Å². The number of benzene rings is 2. The fourth-order valence-corrected chi connectivity index (χ4v) is 5.80. The highest BCUT2D eigenvalue weighted by Crippen LogP contribution is 2.36. The quantitative estimate of drug-likeness (QED) is 0.125. The molecule has 0 atom stereocenters. The van der Waals surface area contributed by atoms with E-state index in [-0.39, 0.29) is 11.7 Å². The molecule has 0 aliphatic rings. The van der Waals surface area contributed by atoms with Crippen molar-refractivity contribution in [3.8, 4) is 16.9 Å². The number of rotatable bonds is 11. The molecule has 0 unspecified atom stereocenters. The molecule has 0 radical (unpaired) electrons. The molecule has 0 fully saturated rings. The highest BCUT2D eigenvalue weighted by atomic mass is 35.5. The lowest BCUT2D eigenvalue weighted by molar-refractivity contribution is -0.113. The van der Waals surface area contributed by atoms with Gasteiger partial charge in [0.05, 0.1) is 19.5 Å². The van der Waals surface area contributed by atoms with E-state index in [0.29, 0.717) is 33.8 Å². The molecule has 1 N–H and O–H groups in total. The molecule has 0 aliphatic heterocycles. The number of halogens is 1. The first kappa shape index (κ1) is 28.7. The number of anilines is 1. The molecule has 204 valence electrons. The number of hydrogen-bond acceptors (Lipinski definition) is 8. The van der Waals surface area contributed by atoms with E-state index in [0.717, 1.165) is 40.2 Å². The summed E-state index contributed by atoms with van der Waals surface area (Å²) in [5.41, 5.74) is 4.07. The standard InChI is InChI=1S/C28H29ClN4O4S2/c1-17-7-9-19(10-8-17)21-15-38-26(25(21)27(35)36-4)30-24(34)16-39-28-32-31-23(33(28)3)6-5-13-37-22-12-11-20(29)14-18(22)2/h7-12,14-15H,5-6,13,16H2,1-4H3,(H,30,34). The molecular formula is C28H29ClN4O4S2. The lowest BCUT2D eigenvalue weighted by Gasteiger charge is -2.09. The van der Waals surface area contributed by atoms with Gasteiger partial charge in [-0.3, -0.25) is 4.79 Å². The van der Waals surface area contributed by atoms with E-state index in [1.54, 1.807) is 0 Å². The van der Waals surface area contributed by atoms with Crippen molar-refractivity contribution in [1.82, 2.24) is 14.8 Å². The van der Waals surface area contributed by atoms with Crippen LogP contribution in [0.5, 0.6) is 5.75 Å². The highest BCUT2D eigenvalue weighted by molar-refractivity contribution is 7.99. The van der Waals surface area contributed by atoms with E-state index in [1.165, 1.54) is 30.2 Å². The zero-order chi connectivity index (χ0) is 27.9. The third-order valence-corrected chi connectivity index (χ3v) is 8.14. The number of nitrogens with one attached hydrogen (secondary N) is 1. The maximum Gasteiger partial charge on any atom is 0.341 e. The Hall–Kier alpha value is -3.34. The number of amides is 1. The summed E-state index contributed by atoms with van der Waals surface area (Å²) in [6, 6.07) is 13.4. The van der Waals surface area contributed by atoms with Gasteiger partial charge in [-0.05, 0) is 49.6 Å². The van der Waals surface area contributed by atoms with Gasteiger partial charge < -0.3 is 19.4 Å². The van der Waals surface area contributed by atoms with Crippen LogP contribution in [0.1, 0.15) is 33.7 Å². The van der Waals surface area contributed by atoms with Crippen LogP contribution in [0, 0.1) is 13.8 Å². The van der Waals surface area contributed by atoms with Gasteiger partial charge in [0.15, 0.2) is 5.16 Å². The highest BCUT2D eigenvalue weighted by Gasteiger charge is 2.22. The number of thioether (sulfide) groups is 1. The minimum atomic E-state index is -0.497. The zero-order valence-corrected chi connectivity index (χ0v) is 24.5. The van der Waals surface area contributed by atoms with Crippen LogP contribution in [-0.4, -0.2) is 46.1 Å². The molecule has 2 aromatic heterocycles. The molecule has 11 heteroatoms. The smallest absolute Gasteiger partial charge is 0.341 e. The van der Waals surface area contributed by atoms with E-state index >= 15 is 0 Å². The van der Waals surface area contributed by atoms with Crippen LogP contribution in [0.4, 0.5) is 5.00 Å². The Morgan fingerprint density at radius 1 is 1.13 bits per heavy atom. The van der Waals surface area contributed by atoms with Gasteiger partial charge in [0.25, 0.3) is 0 Å². The predicted octanol–water partition coefficient (Wildman–Crippen LogP) is 6.34. The molecule has 0 bridgehead atoms. The van der Waals surface area contributed by atoms with E-state index in [2.05, 4.69) is 15.5 Å². The maximum absolute atomic E-state index is 12.8. The number of hydrogen-bond donors (Lipinski definition) is 1. The Bertz CT molecular complexity index is 1470. The predicted molar refractivity (Wildman–Crippen MR) is 156 cm³/mol. The molecule has 4 rings (SSSR count). The first-order valence-corrected chi connectivity index (χ1v) is 14.5. The SMILES string of the molecule is COC(=O)c1c(-c2ccc(C)cc2)csc1NC(=O)CSc1nnc(CCCOc2ccc(Cl)cc2C)n1C. The van der Waals surface area contributed by atoms with Crippen LogP contribution in [0.2, 0.25) is 5.02 Å². The molecule has 2 aromatic carbocycles. The van der Waals surface area contributed by atoms with Crippen LogP contribution in [-0.2, 0) is 23.0 Å². The Balaban J connectivity index is 1.32. The number of ether oxygens (including phenoxy) is 2. The largest absolute Gasteiger partial charge is 0.493 e. The third-order valence-electron chi connectivity index (χ3n) is 5.99. The van der Waals surface area contributed by atoms with Crippen molar-refractivity contribution >= 4 is 51.6 Å². The first-order chi connectivity index (χ1) is 18.8. The molecular weight excluding hydrogens is 556 g/mol. The maximum atomic E-state index is 12.8. The van der Waals surface area contributed by atoms with Gasteiger partial charge in [-0.15, -0.1) is 21.5 Å². The fraction of sp³-hybridized carbons (Fsp3) is 0.286. The van der Waals surface area contributed by atoms with Crippen molar-refractivity contribution in [3.63, 3.8) is 0 Å². The average molecular weight is 585 g/mol. The number of esters is 1. The zero-order valence-electron chi connectivity index (χ0n) is 22.1. The minimum absolute atomic E-state index is 0.114. The van der Waals surface area contributed by atoms with Crippen molar-refractivity contribution in [1.29, 1.82) is 0 Å². The van der Waals surface area contributed by atoms with Crippen LogP contribution in [0.25, 0.3) is 11.1 Å². The molecule has 1 amide bonds. The van der Waals surface area contributed by atoms with Crippen molar-refractivity contribution < 1.29 is 19.1 Å². The van der Waals surface area contributed by atoms with E-state index in [1.807, 2.05) is 73.3 Å². The van der Waals surface area contributed by atoms with Crippen molar-refractivity contribution in [3.05, 3.63) is 75.4 Å². The number of carbonyl (C=O) groups excluding carboxylic acids is 2. The van der Waals surface area contributed by atoms with Gasteiger partial charge in [-0.25, -0.2) is 4.79 Å². The lowest BCUT2D eigenvalue weighted by atomic mass is 10.0. The molecule has 0 saturated carbocycles. The summed E-state index contributed by atoms with van der Waals surface area (Å²) in [5.74, 6) is 0.986. The molecule has 0 spiro atoms. The number of carbonyl (C=O) groups is 2. The Morgan fingerprint density at radius 3 is 2.62 bits per heavy atom. The molecule has 0 saturated heterocycles. The number of aromatic nitrogens is 3. The molecule has 8 nitrogen and oxygen atoms in total. The molecule has 0 aliphatic carbocycles. The van der Waals surface area contributed by atoms with Gasteiger partial charge in [0.2, 0.25) is 5.91 Å². The second kappa shape index (κ2) is 13.1. The van der Waals surface area contributed by atoms with Gasteiger partial charge in [0, 0.05) is 29.4 Å². The molecule has 4 aromatic rings. The summed E-state index contributed by atoms with van der Waals surface area (Å²) in [6.45, 7) is 4.50. The summed E-state index contributed by atoms with van der Waals surface area (Å²) in [5, 5.41) is 15.0.